The number of carboxylic acid groups (broad SMARTS) is 1. The Bertz CT molecular complexity index is 862. The fourth-order valence-corrected chi connectivity index (χ4v) is 1.95. The molecular weight excluding hydrogens is 308 g/mol. The molecule has 0 atom stereocenters. The Morgan fingerprint density at radius 1 is 1.25 bits per heavy atom. The lowest BCUT2D eigenvalue weighted by molar-refractivity contribution is -0.138. The lowest BCUT2D eigenvalue weighted by atomic mass is 9.62. The molecule has 24 heavy (non-hydrogen) atoms. The number of carbonyl (C=O) groups is 2. The van der Waals surface area contributed by atoms with Gasteiger partial charge in [0.15, 0.2) is 5.69 Å². The number of pyridine rings is 1. The summed E-state index contributed by atoms with van der Waals surface area (Å²) in [6.07, 6.45) is 1.37. The molecule has 0 saturated carbocycles. The van der Waals surface area contributed by atoms with E-state index in [9.17, 15) is 14.7 Å². The highest BCUT2D eigenvalue weighted by molar-refractivity contribution is 6.51. The van der Waals surface area contributed by atoms with E-state index >= 15 is 0 Å². The van der Waals surface area contributed by atoms with Crippen LogP contribution < -0.4 is 5.32 Å². The predicted octanol–water partition coefficient (Wildman–Crippen LogP) is -0.940. The number of aromatic nitrogens is 1. The summed E-state index contributed by atoms with van der Waals surface area (Å²) in [7, 11) is 2.65. The molecule has 0 saturated heterocycles. The minimum absolute atomic E-state index is 0.274. The fourth-order valence-electron chi connectivity index (χ4n) is 1.95. The molecule has 0 aliphatic heterocycles. The van der Waals surface area contributed by atoms with Crippen LogP contribution in [0.15, 0.2) is 36.5 Å². The molecule has 0 unspecified atom stereocenters. The number of aliphatic carboxylic acids is 1. The monoisotopic (exact) mass is 321 g/mol. The first-order valence-electron chi connectivity index (χ1n) is 7.00. The van der Waals surface area contributed by atoms with Gasteiger partial charge in [-0.1, -0.05) is 12.1 Å². The van der Waals surface area contributed by atoms with Crippen molar-refractivity contribution in [1.29, 1.82) is 5.26 Å². The average Bonchev–Trinajstić information content (AvgIpc) is 2.54. The fraction of sp³-hybridized carbons (Fsp3) is 0.0667. The van der Waals surface area contributed by atoms with Gasteiger partial charge in [0.1, 0.15) is 21.4 Å². The summed E-state index contributed by atoms with van der Waals surface area (Å²) in [5.41, 5.74) is 1.37. The zero-order valence-electron chi connectivity index (χ0n) is 13.1. The maximum absolute atomic E-state index is 12.1. The summed E-state index contributed by atoms with van der Waals surface area (Å²) in [6.45, 7) is 0. The van der Waals surface area contributed by atoms with Crippen molar-refractivity contribution in [3.05, 3.63) is 47.8 Å². The molecule has 9 heteroatoms. The molecule has 0 spiro atoms. The van der Waals surface area contributed by atoms with E-state index in [2.05, 4.69) is 10.3 Å². The number of aromatic hydroxyl groups is 1. The number of nitrogens with one attached hydrogen (secondary N) is 1. The van der Waals surface area contributed by atoms with Crippen molar-refractivity contribution in [2.24, 2.45) is 0 Å². The van der Waals surface area contributed by atoms with Gasteiger partial charge in [-0.25, -0.2) is 4.98 Å². The third-order valence-electron chi connectivity index (χ3n) is 3.37. The molecule has 2 rings (SSSR count). The molecule has 2 aromatic rings. The van der Waals surface area contributed by atoms with Crippen LogP contribution in [-0.4, -0.2) is 48.1 Å². The van der Waals surface area contributed by atoms with Crippen molar-refractivity contribution in [3.63, 3.8) is 0 Å². The summed E-state index contributed by atoms with van der Waals surface area (Å²) < 4.78 is 0. The van der Waals surface area contributed by atoms with E-state index in [4.69, 9.17) is 10.4 Å². The van der Waals surface area contributed by atoms with E-state index in [1.54, 1.807) is 24.3 Å². The summed E-state index contributed by atoms with van der Waals surface area (Å²) in [6, 6.07) is 10.1. The van der Waals surface area contributed by atoms with Crippen molar-refractivity contribution < 1.29 is 19.8 Å². The number of nitriles is 1. The minimum Gasteiger partial charge on any atom is -0.505 e. The SMILES string of the molecule is BC(B)(NC(=O)c1ncc(-c2cccc(C#N)c2)cc1O)C(=O)O. The van der Waals surface area contributed by atoms with Gasteiger partial charge < -0.3 is 15.5 Å². The highest BCUT2D eigenvalue weighted by Crippen LogP contribution is 2.25. The maximum atomic E-state index is 12.1. The van der Waals surface area contributed by atoms with E-state index in [0.29, 0.717) is 16.7 Å². The zero-order valence-corrected chi connectivity index (χ0v) is 13.1. The third kappa shape index (κ3) is 3.55. The van der Waals surface area contributed by atoms with Gasteiger partial charge in [-0.15, -0.1) is 0 Å². The van der Waals surface area contributed by atoms with E-state index in [1.807, 2.05) is 6.07 Å². The molecule has 118 valence electrons. The zero-order chi connectivity index (χ0) is 17.9. The minimum atomic E-state index is -1.50. The molecule has 7 nitrogen and oxygen atoms in total. The number of hydrogen-bond acceptors (Lipinski definition) is 5. The first-order valence-corrected chi connectivity index (χ1v) is 7.00. The van der Waals surface area contributed by atoms with Crippen LogP contribution >= 0.6 is 0 Å². The van der Waals surface area contributed by atoms with Crippen LogP contribution in [0.25, 0.3) is 11.1 Å². The van der Waals surface area contributed by atoms with Crippen LogP contribution in [0.4, 0.5) is 0 Å². The molecule has 3 N–H and O–H groups in total. The van der Waals surface area contributed by atoms with Crippen LogP contribution in [0.5, 0.6) is 5.75 Å². The summed E-state index contributed by atoms with van der Waals surface area (Å²) in [4.78, 5) is 27.1. The number of nitrogens with zero attached hydrogens (tertiary/aromatic N) is 2. The number of amides is 1. The van der Waals surface area contributed by atoms with Crippen LogP contribution in [0.1, 0.15) is 16.1 Å². The van der Waals surface area contributed by atoms with E-state index in [-0.39, 0.29) is 11.4 Å². The van der Waals surface area contributed by atoms with Gasteiger partial charge in [-0.2, -0.15) is 5.26 Å². The van der Waals surface area contributed by atoms with E-state index in [1.165, 1.54) is 28.0 Å². The second-order valence-electron chi connectivity index (χ2n) is 5.67. The van der Waals surface area contributed by atoms with Crippen molar-refractivity contribution >= 4 is 27.6 Å². The second kappa shape index (κ2) is 6.46. The Hall–Kier alpha value is -3.27. The molecule has 1 heterocycles. The lowest BCUT2D eigenvalue weighted by Crippen LogP contribution is -2.55. The normalized spacial score (nSPS) is 10.6. The molecule has 0 fully saturated rings. The molecule has 0 aliphatic carbocycles. The second-order valence-corrected chi connectivity index (χ2v) is 5.67. The van der Waals surface area contributed by atoms with Crippen molar-refractivity contribution in [3.8, 4) is 22.9 Å². The highest BCUT2D eigenvalue weighted by Gasteiger charge is 2.30. The Balaban J connectivity index is 2.32. The van der Waals surface area contributed by atoms with Gasteiger partial charge in [0.2, 0.25) is 0 Å². The van der Waals surface area contributed by atoms with Crippen molar-refractivity contribution in [1.82, 2.24) is 10.3 Å². The predicted molar refractivity (Wildman–Crippen MR) is 91.0 cm³/mol. The molecule has 0 radical (unpaired) electrons. The smallest absolute Gasteiger partial charge is 0.311 e. The van der Waals surface area contributed by atoms with E-state index in [0.717, 1.165) is 0 Å². The lowest BCUT2D eigenvalue weighted by Gasteiger charge is -2.21. The van der Waals surface area contributed by atoms with Gasteiger partial charge >= 0.3 is 5.97 Å². The van der Waals surface area contributed by atoms with Crippen LogP contribution in [0, 0.1) is 11.3 Å². The summed E-state index contributed by atoms with van der Waals surface area (Å²) >= 11 is 0. The third-order valence-corrected chi connectivity index (χ3v) is 3.37. The van der Waals surface area contributed by atoms with Gasteiger partial charge in [0, 0.05) is 11.8 Å². The van der Waals surface area contributed by atoms with Gasteiger partial charge in [-0.05, 0) is 23.8 Å². The van der Waals surface area contributed by atoms with Crippen LogP contribution in [0.3, 0.4) is 0 Å². The largest absolute Gasteiger partial charge is 0.505 e. The number of hydrogen-bond donors (Lipinski definition) is 3. The molecule has 1 aromatic heterocycles. The molecule has 0 aliphatic rings. The first kappa shape index (κ1) is 17.1. The highest BCUT2D eigenvalue weighted by atomic mass is 16.4. The molecule has 0 bridgehead atoms. The number of carboxylic acids is 1. The van der Waals surface area contributed by atoms with Crippen molar-refractivity contribution in [2.45, 2.75) is 5.34 Å². The molecular formula is C15H13B2N3O4. The Labute approximate surface area is 139 Å². The summed E-state index contributed by atoms with van der Waals surface area (Å²) in [5.74, 6) is -2.38. The van der Waals surface area contributed by atoms with Gasteiger partial charge in [0.25, 0.3) is 5.91 Å². The van der Waals surface area contributed by atoms with Gasteiger partial charge in [0.05, 0.1) is 17.0 Å². The Kier molecular flexibility index (Phi) is 4.60. The van der Waals surface area contributed by atoms with Crippen molar-refractivity contribution in [2.75, 3.05) is 0 Å². The maximum Gasteiger partial charge on any atom is 0.311 e. The Morgan fingerprint density at radius 3 is 2.54 bits per heavy atom. The quantitative estimate of drug-likeness (QED) is 0.625. The summed E-state index contributed by atoms with van der Waals surface area (Å²) in [5, 5.41) is 28.8. The van der Waals surface area contributed by atoms with Gasteiger partial charge in [-0.3, -0.25) is 9.59 Å². The standard InChI is InChI=1S/C15H13B2N3O4/c16-15(17,14(23)24)20-13(22)12-11(21)5-10(7-19-12)9-3-1-2-8(4-9)6-18/h1-5,7,21H,16-17H2,(H,20,22)(H,23,24). The number of carbonyl (C=O) groups excluding carboxylic acids is 1. The average molecular weight is 321 g/mol. The Morgan fingerprint density at radius 2 is 1.96 bits per heavy atom. The molecule has 1 amide bonds. The molecule has 1 aromatic carbocycles. The first-order chi connectivity index (χ1) is 11.2. The topological polar surface area (TPSA) is 123 Å². The van der Waals surface area contributed by atoms with E-state index < -0.39 is 17.2 Å². The van der Waals surface area contributed by atoms with Crippen LogP contribution in [-0.2, 0) is 4.79 Å². The van der Waals surface area contributed by atoms with Crippen LogP contribution in [0.2, 0.25) is 0 Å². The number of rotatable bonds is 4. The number of benzene rings is 1.